The lowest BCUT2D eigenvalue weighted by atomic mass is 10.1. The number of hydrogen-bond donors (Lipinski definition) is 2. The molecule has 0 aromatic carbocycles. The lowest BCUT2D eigenvalue weighted by molar-refractivity contribution is -0.139. The second-order valence-electron chi connectivity index (χ2n) is 5.79. The van der Waals surface area contributed by atoms with Crippen LogP contribution in [0.2, 0.25) is 0 Å². The normalized spacial score (nSPS) is 17.4. The van der Waals surface area contributed by atoms with Crippen molar-refractivity contribution in [2.75, 3.05) is 25.6 Å². The monoisotopic (exact) mass is 320 g/mol. The van der Waals surface area contributed by atoms with Gasteiger partial charge in [0.25, 0.3) is 0 Å². The van der Waals surface area contributed by atoms with Gasteiger partial charge in [-0.15, -0.1) is 0 Å². The van der Waals surface area contributed by atoms with Gasteiger partial charge in [-0.05, 0) is 25.2 Å². The van der Waals surface area contributed by atoms with Gasteiger partial charge in [0.15, 0.2) is 0 Å². The van der Waals surface area contributed by atoms with Gasteiger partial charge in [0.2, 0.25) is 0 Å². The molecule has 0 aromatic rings. The maximum Gasteiger partial charge on any atom is 0.326 e. The number of sulfone groups is 1. The first-order chi connectivity index (χ1) is 9.69. The molecule has 1 aliphatic carbocycles. The summed E-state index contributed by atoms with van der Waals surface area (Å²) in [5, 5.41) is 11.4. The maximum atomic E-state index is 12.0. The number of aliphatic carboxylic acids is 1. The number of nitrogens with one attached hydrogen (secondary N) is 1. The zero-order valence-electron chi connectivity index (χ0n) is 12.5. The molecule has 0 bridgehead atoms. The van der Waals surface area contributed by atoms with Crippen LogP contribution in [0.3, 0.4) is 0 Å². The summed E-state index contributed by atoms with van der Waals surface area (Å²) >= 11 is 0. The smallest absolute Gasteiger partial charge is 0.326 e. The Morgan fingerprint density at radius 1 is 1.33 bits per heavy atom. The zero-order valence-corrected chi connectivity index (χ0v) is 13.4. The van der Waals surface area contributed by atoms with E-state index in [0.29, 0.717) is 12.5 Å². The molecule has 1 aliphatic rings. The van der Waals surface area contributed by atoms with Crippen LogP contribution in [0.25, 0.3) is 0 Å². The van der Waals surface area contributed by atoms with E-state index < -0.39 is 27.9 Å². The van der Waals surface area contributed by atoms with Crippen molar-refractivity contribution in [1.29, 1.82) is 0 Å². The Bertz CT molecular complexity index is 471. The molecule has 1 unspecified atom stereocenters. The van der Waals surface area contributed by atoms with E-state index in [1.54, 1.807) is 7.05 Å². The SMILES string of the molecule is CN(CC1CCCC1)C(=O)NC(CCS(C)(=O)=O)C(=O)O. The molecule has 7 nitrogen and oxygen atoms in total. The molecule has 0 heterocycles. The Balaban J connectivity index is 2.48. The molecule has 0 spiro atoms. The number of amides is 2. The van der Waals surface area contributed by atoms with E-state index >= 15 is 0 Å². The molecule has 21 heavy (non-hydrogen) atoms. The molecular formula is C13H24N2O5S. The Hall–Kier alpha value is -1.31. The van der Waals surface area contributed by atoms with Crippen LogP contribution in [0.4, 0.5) is 4.79 Å². The molecule has 1 atom stereocenters. The molecule has 1 saturated carbocycles. The highest BCUT2D eigenvalue weighted by Gasteiger charge is 2.25. The van der Waals surface area contributed by atoms with Crippen LogP contribution < -0.4 is 5.32 Å². The summed E-state index contributed by atoms with van der Waals surface area (Å²) < 4.78 is 22.2. The summed E-state index contributed by atoms with van der Waals surface area (Å²) in [5.41, 5.74) is 0. The molecule has 1 fully saturated rings. The Morgan fingerprint density at radius 3 is 2.38 bits per heavy atom. The highest BCUT2D eigenvalue weighted by Crippen LogP contribution is 2.25. The van der Waals surface area contributed by atoms with Crippen molar-refractivity contribution in [2.24, 2.45) is 5.92 Å². The molecule has 8 heteroatoms. The van der Waals surface area contributed by atoms with Crippen LogP contribution in [0.15, 0.2) is 0 Å². The standard InChI is InChI=1S/C13H24N2O5S/c1-15(9-10-5-3-4-6-10)13(18)14-11(12(16)17)7-8-21(2,19)20/h10-11H,3-9H2,1-2H3,(H,14,18)(H,16,17). The largest absolute Gasteiger partial charge is 0.480 e. The number of carbonyl (C=O) groups is 2. The van der Waals surface area contributed by atoms with Crippen molar-refractivity contribution in [3.63, 3.8) is 0 Å². The zero-order chi connectivity index (χ0) is 16.0. The minimum Gasteiger partial charge on any atom is -0.480 e. The maximum absolute atomic E-state index is 12.0. The van der Waals surface area contributed by atoms with Gasteiger partial charge < -0.3 is 15.3 Å². The summed E-state index contributed by atoms with van der Waals surface area (Å²) in [6, 6.07) is -1.65. The number of urea groups is 1. The number of hydrogen-bond acceptors (Lipinski definition) is 4. The average Bonchev–Trinajstić information content (AvgIpc) is 2.85. The van der Waals surface area contributed by atoms with Gasteiger partial charge >= 0.3 is 12.0 Å². The predicted molar refractivity (Wildman–Crippen MR) is 78.9 cm³/mol. The van der Waals surface area contributed by atoms with Crippen LogP contribution in [-0.2, 0) is 14.6 Å². The van der Waals surface area contributed by atoms with Crippen molar-refractivity contribution in [3.05, 3.63) is 0 Å². The molecule has 0 aliphatic heterocycles. The van der Waals surface area contributed by atoms with E-state index in [0.717, 1.165) is 19.1 Å². The van der Waals surface area contributed by atoms with Gasteiger partial charge in [-0.2, -0.15) is 0 Å². The summed E-state index contributed by atoms with van der Waals surface area (Å²) in [6.45, 7) is 0.601. The van der Waals surface area contributed by atoms with Crippen LogP contribution in [0, 0.1) is 5.92 Å². The van der Waals surface area contributed by atoms with Gasteiger partial charge in [-0.1, -0.05) is 12.8 Å². The Kier molecular flexibility index (Phi) is 6.44. The van der Waals surface area contributed by atoms with E-state index in [1.807, 2.05) is 0 Å². The van der Waals surface area contributed by atoms with Crippen LogP contribution in [0.1, 0.15) is 32.1 Å². The molecule has 1 rings (SSSR count). The van der Waals surface area contributed by atoms with Gasteiger partial charge in [-0.3, -0.25) is 0 Å². The van der Waals surface area contributed by atoms with Crippen LogP contribution >= 0.6 is 0 Å². The van der Waals surface area contributed by atoms with Crippen molar-refractivity contribution in [1.82, 2.24) is 10.2 Å². The topological polar surface area (TPSA) is 104 Å². The lowest BCUT2D eigenvalue weighted by Crippen LogP contribution is -2.48. The molecule has 0 aromatic heterocycles. The first-order valence-corrected chi connectivity index (χ1v) is 9.17. The third kappa shape index (κ3) is 6.79. The minimum absolute atomic E-state index is 0.128. The first kappa shape index (κ1) is 17.7. The summed E-state index contributed by atoms with van der Waals surface area (Å²) in [6.07, 6.45) is 5.44. The number of rotatable bonds is 7. The third-order valence-electron chi connectivity index (χ3n) is 3.73. The highest BCUT2D eigenvalue weighted by atomic mass is 32.2. The molecule has 0 radical (unpaired) electrons. The minimum atomic E-state index is -3.26. The fourth-order valence-electron chi connectivity index (χ4n) is 2.51. The van der Waals surface area contributed by atoms with Crippen LogP contribution in [0.5, 0.6) is 0 Å². The number of nitrogens with zero attached hydrogens (tertiary/aromatic N) is 1. The van der Waals surface area contributed by atoms with E-state index in [9.17, 15) is 18.0 Å². The third-order valence-corrected chi connectivity index (χ3v) is 4.70. The molecule has 0 saturated heterocycles. The van der Waals surface area contributed by atoms with E-state index in [1.165, 1.54) is 17.7 Å². The second kappa shape index (κ2) is 7.63. The fraction of sp³-hybridized carbons (Fsp3) is 0.846. The summed E-state index contributed by atoms with van der Waals surface area (Å²) in [4.78, 5) is 24.5. The predicted octanol–water partition coefficient (Wildman–Crippen LogP) is 0.706. The van der Waals surface area contributed by atoms with Gasteiger partial charge in [0.05, 0.1) is 5.75 Å². The molecule has 122 valence electrons. The Morgan fingerprint density at radius 2 is 1.90 bits per heavy atom. The average molecular weight is 320 g/mol. The van der Waals surface area contributed by atoms with E-state index in [2.05, 4.69) is 5.32 Å². The number of carboxylic acids is 1. The first-order valence-electron chi connectivity index (χ1n) is 7.11. The number of carbonyl (C=O) groups excluding carboxylic acids is 1. The highest BCUT2D eigenvalue weighted by molar-refractivity contribution is 7.90. The van der Waals surface area contributed by atoms with E-state index in [4.69, 9.17) is 5.11 Å². The van der Waals surface area contributed by atoms with Gasteiger partial charge in [0.1, 0.15) is 15.9 Å². The molecular weight excluding hydrogens is 296 g/mol. The van der Waals surface area contributed by atoms with Crippen molar-refractivity contribution < 1.29 is 23.1 Å². The summed E-state index contributed by atoms with van der Waals surface area (Å²) in [7, 11) is -1.63. The quantitative estimate of drug-likeness (QED) is 0.719. The van der Waals surface area contributed by atoms with E-state index in [-0.39, 0.29) is 12.2 Å². The molecule has 2 amide bonds. The van der Waals surface area contributed by atoms with Crippen molar-refractivity contribution >= 4 is 21.8 Å². The Labute approximate surface area is 125 Å². The van der Waals surface area contributed by atoms with Gasteiger partial charge in [-0.25, -0.2) is 18.0 Å². The summed E-state index contributed by atoms with van der Waals surface area (Å²) in [5.74, 6) is -1.02. The van der Waals surface area contributed by atoms with Gasteiger partial charge in [0, 0.05) is 19.8 Å². The number of carboxylic acid groups (broad SMARTS) is 1. The lowest BCUT2D eigenvalue weighted by Gasteiger charge is -2.23. The second-order valence-corrected chi connectivity index (χ2v) is 8.05. The molecule has 2 N–H and O–H groups in total. The van der Waals surface area contributed by atoms with Crippen molar-refractivity contribution in [3.8, 4) is 0 Å². The van der Waals surface area contributed by atoms with Crippen LogP contribution in [-0.4, -0.2) is 62.1 Å². The van der Waals surface area contributed by atoms with Crippen molar-refractivity contribution in [2.45, 2.75) is 38.1 Å². The fourth-order valence-corrected chi connectivity index (χ4v) is 3.18.